The number of nitrogens with zero attached hydrogens (tertiary/aromatic N) is 3. The Hall–Kier alpha value is -3.85. The molecule has 0 atom stereocenters. The Bertz CT molecular complexity index is 1300. The van der Waals surface area contributed by atoms with Gasteiger partial charge in [0.2, 0.25) is 5.91 Å². The molecule has 34 heavy (non-hydrogen) atoms. The van der Waals surface area contributed by atoms with Gasteiger partial charge >= 0.3 is 0 Å². The molecule has 0 unspecified atom stereocenters. The Morgan fingerprint density at radius 3 is 2.44 bits per heavy atom. The van der Waals surface area contributed by atoms with Crippen LogP contribution in [-0.4, -0.2) is 25.8 Å². The maximum atomic E-state index is 13.2. The zero-order valence-electron chi connectivity index (χ0n) is 18.2. The highest BCUT2D eigenvalue weighted by Gasteiger charge is 2.16. The summed E-state index contributed by atoms with van der Waals surface area (Å²) < 4.78 is 13.2. The Morgan fingerprint density at radius 1 is 0.971 bits per heavy atom. The smallest absolute Gasteiger partial charge is 0.255 e. The number of aromatic nitrogens is 4. The van der Waals surface area contributed by atoms with Crippen molar-refractivity contribution >= 4 is 17.7 Å². The summed E-state index contributed by atoms with van der Waals surface area (Å²) in [5.41, 5.74) is 3.10. The predicted octanol–water partition coefficient (Wildman–Crippen LogP) is 3.44. The van der Waals surface area contributed by atoms with Crippen LogP contribution in [0.3, 0.4) is 0 Å². The number of aromatic amines is 1. The van der Waals surface area contributed by atoms with Gasteiger partial charge in [-0.25, -0.2) is 19.3 Å². The number of halogens is 1. The van der Waals surface area contributed by atoms with Crippen LogP contribution in [0.25, 0.3) is 0 Å². The quantitative estimate of drug-likeness (QED) is 0.284. The van der Waals surface area contributed by atoms with Crippen LogP contribution in [-0.2, 0) is 29.9 Å². The lowest BCUT2D eigenvalue weighted by Gasteiger charge is -2.11. The van der Waals surface area contributed by atoms with Gasteiger partial charge in [0.25, 0.3) is 5.56 Å². The molecule has 0 bridgehead atoms. The molecular weight excluding hydrogens is 453 g/mol. The highest BCUT2D eigenvalue weighted by molar-refractivity contribution is 7.98. The maximum Gasteiger partial charge on any atom is 0.255 e. The SMILES string of the molecule is O=C(Cc1nc(SCc2ccc(F)cc2)[nH]c(=O)c1Cc1cncnc1)NCc1ccccc1. The monoisotopic (exact) mass is 475 g/mol. The topological polar surface area (TPSA) is 101 Å². The number of amides is 1. The Kier molecular flexibility index (Phi) is 7.77. The minimum atomic E-state index is -0.314. The number of carbonyl (C=O) groups excluding carboxylic acids is 1. The number of thioether (sulfide) groups is 1. The summed E-state index contributed by atoms with van der Waals surface area (Å²) in [6.07, 6.45) is 4.89. The van der Waals surface area contributed by atoms with Crippen LogP contribution in [0, 0.1) is 5.82 Å². The standard InChI is InChI=1S/C25H22FN5O2S/c26-20-8-6-18(7-9-20)15-34-25-30-22(11-23(32)29-14-17-4-2-1-3-5-17)21(24(33)31-25)10-19-12-27-16-28-13-19/h1-9,12-13,16H,10-11,14-15H2,(H,29,32)(H,30,31,33). The van der Waals surface area contributed by atoms with Crippen LogP contribution in [0.5, 0.6) is 0 Å². The molecule has 0 aliphatic rings. The molecule has 4 aromatic rings. The lowest BCUT2D eigenvalue weighted by molar-refractivity contribution is -0.120. The molecule has 2 aromatic heterocycles. The molecule has 0 aliphatic carbocycles. The van der Waals surface area contributed by atoms with Crippen molar-refractivity contribution < 1.29 is 9.18 Å². The van der Waals surface area contributed by atoms with E-state index in [1.165, 1.54) is 30.2 Å². The van der Waals surface area contributed by atoms with Gasteiger partial charge in [-0.3, -0.25) is 9.59 Å². The molecule has 9 heteroatoms. The van der Waals surface area contributed by atoms with Gasteiger partial charge in [0.1, 0.15) is 12.1 Å². The molecule has 0 radical (unpaired) electrons. The zero-order valence-corrected chi connectivity index (χ0v) is 19.0. The summed E-state index contributed by atoms with van der Waals surface area (Å²) in [5.74, 6) is -0.0466. The largest absolute Gasteiger partial charge is 0.352 e. The van der Waals surface area contributed by atoms with Gasteiger partial charge in [0, 0.05) is 36.7 Å². The number of nitrogens with one attached hydrogen (secondary N) is 2. The molecule has 2 aromatic carbocycles. The van der Waals surface area contributed by atoms with E-state index in [4.69, 9.17) is 0 Å². The lowest BCUT2D eigenvalue weighted by Crippen LogP contribution is -2.28. The molecule has 0 saturated carbocycles. The average molecular weight is 476 g/mol. The number of H-pyrrole nitrogens is 1. The Labute approximate surface area is 199 Å². The molecule has 2 N–H and O–H groups in total. The lowest BCUT2D eigenvalue weighted by atomic mass is 10.1. The van der Waals surface area contributed by atoms with E-state index < -0.39 is 0 Å². The van der Waals surface area contributed by atoms with Crippen molar-refractivity contribution in [1.29, 1.82) is 0 Å². The van der Waals surface area contributed by atoms with Gasteiger partial charge in [0.15, 0.2) is 5.16 Å². The summed E-state index contributed by atoms with van der Waals surface area (Å²) in [5, 5.41) is 3.28. The van der Waals surface area contributed by atoms with Gasteiger partial charge < -0.3 is 10.3 Å². The summed E-state index contributed by atoms with van der Waals surface area (Å²) in [6, 6.07) is 15.7. The highest BCUT2D eigenvalue weighted by atomic mass is 32.2. The van der Waals surface area contributed by atoms with Crippen molar-refractivity contribution in [2.45, 2.75) is 30.3 Å². The molecule has 0 aliphatic heterocycles. The van der Waals surface area contributed by atoms with E-state index in [-0.39, 0.29) is 30.1 Å². The maximum absolute atomic E-state index is 13.2. The molecule has 7 nitrogen and oxygen atoms in total. The first-order valence-electron chi connectivity index (χ1n) is 10.6. The van der Waals surface area contributed by atoms with Crippen molar-refractivity contribution in [2.75, 3.05) is 0 Å². The van der Waals surface area contributed by atoms with E-state index in [9.17, 15) is 14.0 Å². The second-order valence-electron chi connectivity index (χ2n) is 7.57. The van der Waals surface area contributed by atoms with Crippen LogP contribution < -0.4 is 10.9 Å². The molecule has 4 rings (SSSR count). The normalized spacial score (nSPS) is 10.7. The molecule has 0 saturated heterocycles. The molecular formula is C25H22FN5O2S. The zero-order chi connectivity index (χ0) is 23.8. The van der Waals surface area contributed by atoms with E-state index >= 15 is 0 Å². The first kappa shape index (κ1) is 23.3. The predicted molar refractivity (Wildman–Crippen MR) is 128 cm³/mol. The third-order valence-electron chi connectivity index (χ3n) is 5.02. The first-order chi connectivity index (χ1) is 16.6. The summed E-state index contributed by atoms with van der Waals surface area (Å²) >= 11 is 1.31. The summed E-state index contributed by atoms with van der Waals surface area (Å²) in [6.45, 7) is 0.386. The van der Waals surface area contributed by atoms with E-state index in [0.717, 1.165) is 16.7 Å². The van der Waals surface area contributed by atoms with Crippen LogP contribution >= 0.6 is 11.8 Å². The van der Waals surface area contributed by atoms with E-state index in [1.807, 2.05) is 30.3 Å². The number of hydrogen-bond donors (Lipinski definition) is 2. The van der Waals surface area contributed by atoms with Gasteiger partial charge in [-0.15, -0.1) is 0 Å². The van der Waals surface area contributed by atoms with Crippen LogP contribution in [0.4, 0.5) is 4.39 Å². The molecule has 0 fully saturated rings. The minimum absolute atomic E-state index is 0.0378. The van der Waals surface area contributed by atoms with Gasteiger partial charge in [-0.05, 0) is 28.8 Å². The summed E-state index contributed by atoms with van der Waals surface area (Å²) in [4.78, 5) is 41.0. The fraction of sp³-hybridized carbons (Fsp3) is 0.160. The van der Waals surface area contributed by atoms with Crippen LogP contribution in [0.15, 0.2) is 83.3 Å². The van der Waals surface area contributed by atoms with Gasteiger partial charge in [-0.1, -0.05) is 54.2 Å². The average Bonchev–Trinajstić information content (AvgIpc) is 2.86. The van der Waals surface area contributed by atoms with Crippen molar-refractivity contribution in [3.05, 3.63) is 117 Å². The van der Waals surface area contributed by atoms with Crippen molar-refractivity contribution in [3.8, 4) is 0 Å². The van der Waals surface area contributed by atoms with E-state index in [1.54, 1.807) is 24.5 Å². The second-order valence-corrected chi connectivity index (χ2v) is 8.54. The van der Waals surface area contributed by atoms with E-state index in [2.05, 4.69) is 25.3 Å². The number of rotatable bonds is 9. The molecule has 1 amide bonds. The van der Waals surface area contributed by atoms with Gasteiger partial charge in [0.05, 0.1) is 12.1 Å². The molecule has 2 heterocycles. The second kappa shape index (κ2) is 11.3. The Balaban J connectivity index is 1.54. The highest BCUT2D eigenvalue weighted by Crippen LogP contribution is 2.20. The molecule has 172 valence electrons. The minimum Gasteiger partial charge on any atom is -0.352 e. The third kappa shape index (κ3) is 6.58. The number of benzene rings is 2. The van der Waals surface area contributed by atoms with Crippen molar-refractivity contribution in [2.24, 2.45) is 0 Å². The van der Waals surface area contributed by atoms with Crippen LogP contribution in [0.2, 0.25) is 0 Å². The third-order valence-corrected chi connectivity index (χ3v) is 5.97. The van der Waals surface area contributed by atoms with Crippen LogP contribution in [0.1, 0.15) is 27.9 Å². The van der Waals surface area contributed by atoms with Gasteiger partial charge in [-0.2, -0.15) is 0 Å². The molecule has 0 spiro atoms. The fourth-order valence-electron chi connectivity index (χ4n) is 3.29. The Morgan fingerprint density at radius 2 is 1.71 bits per heavy atom. The summed E-state index contributed by atoms with van der Waals surface area (Å²) in [7, 11) is 0. The van der Waals surface area contributed by atoms with Crippen molar-refractivity contribution in [1.82, 2.24) is 25.3 Å². The van der Waals surface area contributed by atoms with Crippen molar-refractivity contribution in [3.63, 3.8) is 0 Å². The fourth-order valence-corrected chi connectivity index (χ4v) is 4.12. The number of carbonyl (C=O) groups is 1. The van der Waals surface area contributed by atoms with E-state index in [0.29, 0.717) is 28.7 Å². The first-order valence-corrected chi connectivity index (χ1v) is 11.6. The number of hydrogen-bond acceptors (Lipinski definition) is 6.